The predicted molar refractivity (Wildman–Crippen MR) is 205 cm³/mol. The summed E-state index contributed by atoms with van der Waals surface area (Å²) in [5.74, 6) is 0.254. The molecule has 1 atom stereocenters. The van der Waals surface area contributed by atoms with Crippen molar-refractivity contribution in [2.45, 2.75) is 57.1 Å². The molecule has 2 amide bonds. The Morgan fingerprint density at radius 3 is 1.90 bits per heavy atom. The van der Waals surface area contributed by atoms with E-state index < -0.39 is 34.1 Å². The number of nitrogens with zero attached hydrogens (tertiary/aromatic N) is 2. The Labute approximate surface area is 309 Å². The van der Waals surface area contributed by atoms with E-state index in [4.69, 9.17) is 4.74 Å². The maximum Gasteiger partial charge on any atom is 0.264 e. The van der Waals surface area contributed by atoms with Crippen LogP contribution in [0.25, 0.3) is 0 Å². The number of halogens is 1. The first-order valence-corrected chi connectivity index (χ1v) is 18.8. The molecule has 264 valence electrons. The van der Waals surface area contributed by atoms with Crippen LogP contribution >= 0.6 is 15.9 Å². The molecule has 0 bridgehead atoms. The molecule has 0 aliphatic heterocycles. The Kier molecular flexibility index (Phi) is 12.0. The van der Waals surface area contributed by atoms with E-state index in [2.05, 4.69) is 21.2 Å². The van der Waals surface area contributed by atoms with Gasteiger partial charge in [0.1, 0.15) is 24.1 Å². The van der Waals surface area contributed by atoms with Crippen molar-refractivity contribution in [2.24, 2.45) is 0 Å². The van der Waals surface area contributed by atoms with Crippen LogP contribution in [0, 0.1) is 6.92 Å². The molecule has 8 nitrogen and oxygen atoms in total. The van der Waals surface area contributed by atoms with Gasteiger partial charge in [0.15, 0.2) is 0 Å². The van der Waals surface area contributed by atoms with E-state index >= 15 is 0 Å². The van der Waals surface area contributed by atoms with Gasteiger partial charge in [-0.2, -0.15) is 0 Å². The molecule has 0 heterocycles. The minimum Gasteiger partial charge on any atom is -0.457 e. The van der Waals surface area contributed by atoms with Gasteiger partial charge in [0.25, 0.3) is 10.0 Å². The zero-order valence-electron chi connectivity index (χ0n) is 29.1. The highest BCUT2D eigenvalue weighted by Gasteiger charge is 2.35. The summed E-state index contributed by atoms with van der Waals surface area (Å²) in [6.45, 7) is 7.03. The van der Waals surface area contributed by atoms with Gasteiger partial charge in [-0.25, -0.2) is 8.42 Å². The van der Waals surface area contributed by atoms with Gasteiger partial charge in [-0.15, -0.1) is 0 Å². The summed E-state index contributed by atoms with van der Waals surface area (Å²) >= 11 is 3.47. The number of anilines is 1. The molecular weight excluding hydrogens is 726 g/mol. The van der Waals surface area contributed by atoms with E-state index in [1.54, 1.807) is 36.4 Å². The van der Waals surface area contributed by atoms with Crippen molar-refractivity contribution in [3.63, 3.8) is 0 Å². The van der Waals surface area contributed by atoms with Gasteiger partial charge >= 0.3 is 0 Å². The first-order valence-electron chi connectivity index (χ1n) is 16.6. The Bertz CT molecular complexity index is 2020. The highest BCUT2D eigenvalue weighted by atomic mass is 79.9. The summed E-state index contributed by atoms with van der Waals surface area (Å²) in [7, 11) is -4.25. The quantitative estimate of drug-likeness (QED) is 0.130. The maximum atomic E-state index is 14.7. The molecule has 0 radical (unpaired) electrons. The summed E-state index contributed by atoms with van der Waals surface area (Å²) < 4.78 is 36.7. The van der Waals surface area contributed by atoms with Crippen molar-refractivity contribution in [3.8, 4) is 11.5 Å². The molecule has 0 saturated heterocycles. The molecule has 0 spiro atoms. The molecule has 5 aromatic carbocycles. The van der Waals surface area contributed by atoms with E-state index in [1.807, 2.05) is 113 Å². The molecule has 0 aliphatic rings. The fourth-order valence-corrected chi connectivity index (χ4v) is 7.14. The zero-order chi connectivity index (χ0) is 36.6. The lowest BCUT2D eigenvalue weighted by Crippen LogP contribution is -2.56. The summed E-state index contributed by atoms with van der Waals surface area (Å²) in [6, 6.07) is 38.3. The van der Waals surface area contributed by atoms with Crippen LogP contribution in [0.1, 0.15) is 37.5 Å². The summed E-state index contributed by atoms with van der Waals surface area (Å²) in [5, 5.41) is 3.06. The Morgan fingerprint density at radius 2 is 1.31 bits per heavy atom. The second-order valence-corrected chi connectivity index (χ2v) is 16.1. The second-order valence-electron chi connectivity index (χ2n) is 13.3. The van der Waals surface area contributed by atoms with Crippen LogP contribution < -0.4 is 14.4 Å². The fourth-order valence-electron chi connectivity index (χ4n) is 5.46. The van der Waals surface area contributed by atoms with Crippen LogP contribution in [0.2, 0.25) is 0 Å². The lowest BCUT2D eigenvalue weighted by molar-refractivity contribution is -0.140. The van der Waals surface area contributed by atoms with Crippen LogP contribution in [0.5, 0.6) is 11.5 Å². The van der Waals surface area contributed by atoms with E-state index in [1.165, 1.54) is 17.0 Å². The fraction of sp³-hybridized carbons (Fsp3) is 0.220. The number of amides is 2. The van der Waals surface area contributed by atoms with Crippen LogP contribution in [0.3, 0.4) is 0 Å². The van der Waals surface area contributed by atoms with E-state index in [9.17, 15) is 18.0 Å². The number of nitrogens with one attached hydrogen (secondary N) is 1. The largest absolute Gasteiger partial charge is 0.457 e. The second kappa shape index (κ2) is 16.4. The van der Waals surface area contributed by atoms with Crippen molar-refractivity contribution in [2.75, 3.05) is 10.8 Å². The van der Waals surface area contributed by atoms with Gasteiger partial charge in [0.05, 0.1) is 10.6 Å². The monoisotopic (exact) mass is 767 g/mol. The lowest BCUT2D eigenvalue weighted by atomic mass is 10.0. The molecule has 10 heteroatoms. The zero-order valence-corrected chi connectivity index (χ0v) is 31.5. The van der Waals surface area contributed by atoms with Crippen molar-refractivity contribution < 1.29 is 22.7 Å². The average Bonchev–Trinajstić information content (AvgIpc) is 3.10. The van der Waals surface area contributed by atoms with Crippen LogP contribution in [-0.4, -0.2) is 43.3 Å². The molecule has 5 rings (SSSR count). The van der Waals surface area contributed by atoms with Crippen LogP contribution in [-0.2, 0) is 32.6 Å². The topological polar surface area (TPSA) is 96.0 Å². The van der Waals surface area contributed by atoms with Crippen molar-refractivity contribution in [1.29, 1.82) is 0 Å². The number of para-hydroxylation sites is 1. The van der Waals surface area contributed by atoms with E-state index in [-0.39, 0.29) is 29.5 Å². The Hall–Kier alpha value is -4.93. The molecular formula is C41H42BrN3O5S. The van der Waals surface area contributed by atoms with E-state index in [0.29, 0.717) is 11.5 Å². The standard InChI is InChI=1S/C41H42BrN3O5S/c1-30-15-25-37(26-16-30)51(48,49)45(34-21-23-36(24-22-34)50-35-13-9-6-10-14-35)29-39(46)44(28-32-17-19-33(42)20-18-32)38(40(47)43-41(2,3)4)27-31-11-7-5-8-12-31/h5-26,38H,27-29H2,1-4H3,(H,43,47)/t38-/m1/s1. The Morgan fingerprint density at radius 1 is 0.745 bits per heavy atom. The number of hydrogen-bond acceptors (Lipinski definition) is 5. The number of hydrogen-bond donors (Lipinski definition) is 1. The number of rotatable bonds is 13. The molecule has 5 aromatic rings. The molecule has 1 N–H and O–H groups in total. The smallest absolute Gasteiger partial charge is 0.264 e. The first kappa shape index (κ1) is 37.3. The number of carbonyl (C=O) groups excluding carboxylic acids is 2. The maximum absolute atomic E-state index is 14.7. The summed E-state index contributed by atoms with van der Waals surface area (Å²) in [4.78, 5) is 30.4. The van der Waals surface area contributed by atoms with Gasteiger partial charge in [0.2, 0.25) is 11.8 Å². The van der Waals surface area contributed by atoms with Gasteiger partial charge in [-0.3, -0.25) is 13.9 Å². The minimum absolute atomic E-state index is 0.0382. The first-order chi connectivity index (χ1) is 24.3. The van der Waals surface area contributed by atoms with Crippen molar-refractivity contribution >= 4 is 43.5 Å². The highest BCUT2D eigenvalue weighted by Crippen LogP contribution is 2.29. The highest BCUT2D eigenvalue weighted by molar-refractivity contribution is 9.10. The van der Waals surface area contributed by atoms with Gasteiger partial charge < -0.3 is 15.0 Å². The van der Waals surface area contributed by atoms with E-state index in [0.717, 1.165) is 25.5 Å². The number of benzene rings is 5. The van der Waals surface area contributed by atoms with Crippen molar-refractivity contribution in [3.05, 3.63) is 155 Å². The summed E-state index contributed by atoms with van der Waals surface area (Å²) in [6.07, 6.45) is 0.223. The summed E-state index contributed by atoms with van der Waals surface area (Å²) in [5.41, 5.74) is 2.23. The SMILES string of the molecule is Cc1ccc(S(=O)(=O)N(CC(=O)N(Cc2ccc(Br)cc2)[C@H](Cc2ccccc2)C(=O)NC(C)(C)C)c2ccc(Oc3ccccc3)cc2)cc1. The number of carbonyl (C=O) groups is 2. The normalized spacial score (nSPS) is 12.1. The van der Waals surface area contributed by atoms with Gasteiger partial charge in [-0.1, -0.05) is 94.3 Å². The number of sulfonamides is 1. The van der Waals surface area contributed by atoms with Crippen LogP contribution in [0.15, 0.2) is 143 Å². The molecule has 0 aliphatic carbocycles. The number of ether oxygens (including phenoxy) is 1. The predicted octanol–water partition coefficient (Wildman–Crippen LogP) is 8.30. The molecule has 0 fully saturated rings. The van der Waals surface area contributed by atoms with Crippen molar-refractivity contribution in [1.82, 2.24) is 10.2 Å². The molecule has 51 heavy (non-hydrogen) atoms. The Balaban J connectivity index is 1.57. The van der Waals surface area contributed by atoms with Gasteiger partial charge in [0, 0.05) is 23.0 Å². The van der Waals surface area contributed by atoms with Gasteiger partial charge in [-0.05, 0) is 99.5 Å². The lowest BCUT2D eigenvalue weighted by Gasteiger charge is -2.35. The molecule has 0 unspecified atom stereocenters. The third kappa shape index (κ3) is 10.3. The third-order valence-electron chi connectivity index (χ3n) is 8.03. The average molecular weight is 769 g/mol. The minimum atomic E-state index is -4.25. The number of aryl methyl sites for hydroxylation is 1. The van der Waals surface area contributed by atoms with Crippen LogP contribution in [0.4, 0.5) is 5.69 Å². The third-order valence-corrected chi connectivity index (χ3v) is 10.3. The molecule has 0 aromatic heterocycles. The molecule has 0 saturated carbocycles.